The number of carbonyl (C=O) groups is 1. The lowest BCUT2D eigenvalue weighted by Gasteiger charge is -2.27. The molecule has 4 N–H and O–H groups in total. The Bertz CT molecular complexity index is 869. The summed E-state index contributed by atoms with van der Waals surface area (Å²) in [6.45, 7) is 0.439. The second kappa shape index (κ2) is 12.2. The van der Waals surface area contributed by atoms with E-state index in [1.807, 2.05) is 18.2 Å². The van der Waals surface area contributed by atoms with Crippen molar-refractivity contribution in [1.82, 2.24) is 0 Å². The van der Waals surface area contributed by atoms with E-state index in [0.717, 1.165) is 0 Å². The summed E-state index contributed by atoms with van der Waals surface area (Å²) in [6.07, 6.45) is 1.00. The second-order valence-corrected chi connectivity index (χ2v) is 10.4. The van der Waals surface area contributed by atoms with E-state index in [-0.39, 0.29) is 42.1 Å². The van der Waals surface area contributed by atoms with Gasteiger partial charge >= 0.3 is 5.97 Å². The summed E-state index contributed by atoms with van der Waals surface area (Å²) in [7, 11) is -2.03. The quantitative estimate of drug-likeness (QED) is 0.132. The molecule has 0 saturated heterocycles. The number of benzene rings is 3. The van der Waals surface area contributed by atoms with E-state index in [1.165, 1.54) is 15.9 Å². The van der Waals surface area contributed by atoms with Gasteiger partial charge in [0.15, 0.2) is 5.96 Å². The van der Waals surface area contributed by atoms with Gasteiger partial charge in [0, 0.05) is 0 Å². The van der Waals surface area contributed by atoms with Crippen molar-refractivity contribution in [3.63, 3.8) is 0 Å². The fraction of sp³-hybridized carbons (Fsp3) is 0.167. The first kappa shape index (κ1) is 24.6. The molecule has 3 rings (SSSR count). The molecule has 0 heterocycles. The maximum atomic E-state index is 12.5. The van der Waals surface area contributed by atoms with Crippen molar-refractivity contribution in [3.05, 3.63) is 91.0 Å². The number of halogens is 1. The van der Waals surface area contributed by atoms with Gasteiger partial charge in [0.05, 0.1) is 19.1 Å². The SMILES string of the molecule is NC(N)=NCCOC(=O)CC[P+](c1ccccc1)(c1ccccc1)c1ccccc1.[Br-]. The summed E-state index contributed by atoms with van der Waals surface area (Å²) in [5.74, 6) is -0.249. The van der Waals surface area contributed by atoms with Gasteiger partial charge in [-0.1, -0.05) is 54.6 Å². The van der Waals surface area contributed by atoms with Gasteiger partial charge in [-0.15, -0.1) is 0 Å². The van der Waals surface area contributed by atoms with Crippen molar-refractivity contribution in [2.24, 2.45) is 16.5 Å². The Balaban J connectivity index is 0.00000341. The number of carbonyl (C=O) groups excluding carboxylic acids is 1. The zero-order valence-corrected chi connectivity index (χ0v) is 19.7. The zero-order valence-electron chi connectivity index (χ0n) is 17.2. The van der Waals surface area contributed by atoms with E-state index in [2.05, 4.69) is 77.8 Å². The molecule has 31 heavy (non-hydrogen) atoms. The minimum Gasteiger partial charge on any atom is -1.00 e. The highest BCUT2D eigenvalue weighted by molar-refractivity contribution is 7.95. The van der Waals surface area contributed by atoms with Gasteiger partial charge in [0.2, 0.25) is 0 Å². The zero-order chi connectivity index (χ0) is 21.2. The second-order valence-electron chi connectivity index (χ2n) is 6.82. The van der Waals surface area contributed by atoms with Crippen molar-refractivity contribution in [2.45, 2.75) is 6.42 Å². The molecule has 0 spiro atoms. The molecule has 3 aromatic carbocycles. The largest absolute Gasteiger partial charge is 1.00 e. The molecule has 0 radical (unpaired) electrons. The maximum absolute atomic E-state index is 12.5. The molecule has 0 fully saturated rings. The minimum atomic E-state index is -2.03. The number of guanidine groups is 1. The summed E-state index contributed by atoms with van der Waals surface area (Å²) in [4.78, 5) is 16.4. The Morgan fingerprint density at radius 1 is 0.774 bits per heavy atom. The Hall–Kier alpha value is -2.69. The Labute approximate surface area is 194 Å². The number of esters is 1. The van der Waals surface area contributed by atoms with E-state index in [1.54, 1.807) is 0 Å². The average Bonchev–Trinajstić information content (AvgIpc) is 2.79. The lowest BCUT2D eigenvalue weighted by molar-refractivity contribution is -0.142. The third kappa shape index (κ3) is 6.39. The molecule has 0 aromatic heterocycles. The first-order chi connectivity index (χ1) is 14.6. The standard InChI is InChI=1S/C24H27N3O2P.BrH/c25-24(26)27-17-18-29-23(28)16-19-30(20-10-4-1-5-11-20,21-12-6-2-7-13-21)22-14-8-3-9-15-22;/h1-15H,16-19H2,(H4,25,26,27);1H/q+1;/p-1. The summed E-state index contributed by atoms with van der Waals surface area (Å²) in [6, 6.07) is 31.4. The molecule has 0 atom stereocenters. The van der Waals surface area contributed by atoms with Crippen LogP contribution in [0.3, 0.4) is 0 Å². The highest BCUT2D eigenvalue weighted by Gasteiger charge is 2.45. The molecule has 0 saturated carbocycles. The summed E-state index contributed by atoms with van der Waals surface area (Å²) >= 11 is 0. The Morgan fingerprint density at radius 2 is 1.19 bits per heavy atom. The van der Waals surface area contributed by atoms with Crippen LogP contribution in [0.4, 0.5) is 0 Å². The van der Waals surface area contributed by atoms with E-state index in [9.17, 15) is 4.79 Å². The molecule has 5 nitrogen and oxygen atoms in total. The maximum Gasteiger partial charge on any atom is 0.309 e. The minimum absolute atomic E-state index is 0. The highest BCUT2D eigenvalue weighted by atomic mass is 79.9. The van der Waals surface area contributed by atoms with Crippen molar-refractivity contribution in [2.75, 3.05) is 19.3 Å². The monoisotopic (exact) mass is 499 g/mol. The van der Waals surface area contributed by atoms with Gasteiger partial charge in [0.1, 0.15) is 29.8 Å². The van der Waals surface area contributed by atoms with Crippen LogP contribution in [0.5, 0.6) is 0 Å². The summed E-state index contributed by atoms with van der Waals surface area (Å²) in [5.41, 5.74) is 10.6. The molecule has 0 aliphatic rings. The first-order valence-electron chi connectivity index (χ1n) is 9.89. The number of rotatable bonds is 9. The van der Waals surface area contributed by atoms with Crippen molar-refractivity contribution < 1.29 is 26.5 Å². The molecule has 0 bridgehead atoms. The number of hydrogen-bond donors (Lipinski definition) is 2. The highest BCUT2D eigenvalue weighted by Crippen LogP contribution is 2.55. The van der Waals surface area contributed by atoms with E-state index < -0.39 is 7.26 Å². The first-order valence-corrected chi connectivity index (χ1v) is 11.9. The third-order valence-electron chi connectivity index (χ3n) is 4.89. The molecule has 7 heteroatoms. The van der Waals surface area contributed by atoms with Gasteiger partial charge < -0.3 is 33.2 Å². The molecule has 0 aliphatic carbocycles. The molecule has 0 amide bonds. The van der Waals surface area contributed by atoms with Gasteiger partial charge in [-0.2, -0.15) is 0 Å². The topological polar surface area (TPSA) is 90.7 Å². The van der Waals surface area contributed by atoms with Crippen molar-refractivity contribution in [3.8, 4) is 0 Å². The van der Waals surface area contributed by atoms with Crippen LogP contribution in [-0.2, 0) is 9.53 Å². The van der Waals surface area contributed by atoms with Crippen molar-refractivity contribution >= 4 is 35.1 Å². The number of aliphatic imine (C=N–C) groups is 1. The molecule has 3 aromatic rings. The van der Waals surface area contributed by atoms with Gasteiger partial charge in [-0.3, -0.25) is 9.79 Å². The molecular weight excluding hydrogens is 473 g/mol. The van der Waals surface area contributed by atoms with Crippen LogP contribution in [0.25, 0.3) is 0 Å². The van der Waals surface area contributed by atoms with Crippen molar-refractivity contribution in [1.29, 1.82) is 0 Å². The van der Waals surface area contributed by atoms with Crippen LogP contribution >= 0.6 is 7.26 Å². The molecule has 162 valence electrons. The van der Waals surface area contributed by atoms with E-state index in [4.69, 9.17) is 16.2 Å². The summed E-state index contributed by atoms with van der Waals surface area (Å²) in [5, 5.41) is 3.74. The fourth-order valence-corrected chi connectivity index (χ4v) is 7.78. The van der Waals surface area contributed by atoms with Crippen LogP contribution in [0, 0.1) is 0 Å². The van der Waals surface area contributed by atoms with E-state index in [0.29, 0.717) is 12.6 Å². The van der Waals surface area contributed by atoms with Crippen LogP contribution < -0.4 is 44.4 Å². The lowest BCUT2D eigenvalue weighted by Crippen LogP contribution is -3.00. The van der Waals surface area contributed by atoms with Crippen LogP contribution in [0.15, 0.2) is 96.0 Å². The number of hydrogen-bond acceptors (Lipinski definition) is 3. The normalized spacial score (nSPS) is 10.6. The third-order valence-corrected chi connectivity index (χ3v) is 9.32. The van der Waals surface area contributed by atoms with Crippen LogP contribution in [-0.4, -0.2) is 31.2 Å². The number of nitrogens with two attached hydrogens (primary N) is 2. The number of nitrogens with zero attached hydrogens (tertiary/aromatic N) is 1. The molecule has 0 aliphatic heterocycles. The average molecular weight is 500 g/mol. The lowest BCUT2D eigenvalue weighted by atomic mass is 10.3. The van der Waals surface area contributed by atoms with Gasteiger partial charge in [0.25, 0.3) is 0 Å². The Morgan fingerprint density at radius 3 is 1.58 bits per heavy atom. The van der Waals surface area contributed by atoms with Gasteiger partial charge in [-0.05, 0) is 36.4 Å². The van der Waals surface area contributed by atoms with Crippen LogP contribution in [0.2, 0.25) is 0 Å². The predicted octanol–water partition coefficient (Wildman–Crippen LogP) is -0.809. The molecular formula is C24H27BrN3O2P. The predicted molar refractivity (Wildman–Crippen MR) is 126 cm³/mol. The van der Waals surface area contributed by atoms with Gasteiger partial charge in [-0.25, -0.2) is 0 Å². The molecule has 0 unspecified atom stereocenters. The number of ether oxygens (including phenoxy) is 1. The fourth-order valence-electron chi connectivity index (χ4n) is 3.55. The van der Waals surface area contributed by atoms with Crippen LogP contribution in [0.1, 0.15) is 6.42 Å². The summed E-state index contributed by atoms with van der Waals surface area (Å²) < 4.78 is 5.36. The van der Waals surface area contributed by atoms with E-state index >= 15 is 0 Å². The smallest absolute Gasteiger partial charge is 0.309 e. The Kier molecular flexibility index (Phi) is 9.70.